The molecule has 0 saturated heterocycles. The van der Waals surface area contributed by atoms with Gasteiger partial charge in [-0.15, -0.1) is 0 Å². The molecule has 0 saturated carbocycles. The summed E-state index contributed by atoms with van der Waals surface area (Å²) in [5.74, 6) is 0. The van der Waals surface area contributed by atoms with E-state index < -0.39 is 0 Å². The summed E-state index contributed by atoms with van der Waals surface area (Å²) in [6, 6.07) is 10.1. The molecule has 0 amide bonds. The van der Waals surface area contributed by atoms with Crippen LogP contribution in [0.15, 0.2) is 30.3 Å². The van der Waals surface area contributed by atoms with Crippen molar-refractivity contribution in [3.8, 4) is 0 Å². The van der Waals surface area contributed by atoms with Crippen molar-refractivity contribution < 1.29 is 21.7 Å². The van der Waals surface area contributed by atoms with E-state index in [1.54, 1.807) is 0 Å². The molecule has 0 aliphatic rings. The third-order valence-electron chi connectivity index (χ3n) is 1.26. The molecule has 0 spiro atoms. The molecule has 0 N–H and O–H groups in total. The molecule has 0 radical (unpaired) electrons. The Balaban J connectivity index is 0. The standard InChI is InChI=1S/C9H11O.BrH.Mg/c1-2-10-8-9-6-4-3-5-7-9;;/h3-7H,1-2,8H2;1H;/q-1;;+2/p-1. The molecule has 0 fully saturated rings. The second kappa shape index (κ2) is 9.51. The first kappa shape index (κ1) is 14.9. The molecule has 0 atom stereocenters. The third kappa shape index (κ3) is 6.00. The van der Waals surface area contributed by atoms with Crippen LogP contribution in [0.5, 0.6) is 0 Å². The van der Waals surface area contributed by atoms with Gasteiger partial charge >= 0.3 is 23.1 Å². The fraction of sp³-hybridized carbons (Fsp3) is 0.222. The third-order valence-corrected chi connectivity index (χ3v) is 1.26. The van der Waals surface area contributed by atoms with Crippen molar-refractivity contribution in [3.05, 3.63) is 42.8 Å². The summed E-state index contributed by atoms with van der Waals surface area (Å²) in [6.45, 7) is 4.79. The minimum Gasteiger partial charge on any atom is -1.00 e. The van der Waals surface area contributed by atoms with E-state index in [0.717, 1.165) is 0 Å². The zero-order valence-electron chi connectivity index (χ0n) is 7.00. The summed E-state index contributed by atoms with van der Waals surface area (Å²) in [5.41, 5.74) is 1.20. The number of rotatable bonds is 3. The fourth-order valence-electron chi connectivity index (χ4n) is 0.764. The van der Waals surface area contributed by atoms with E-state index in [4.69, 9.17) is 4.74 Å². The topological polar surface area (TPSA) is 9.23 Å². The maximum absolute atomic E-state index is 5.11. The Bertz CT molecular complexity index is 179. The van der Waals surface area contributed by atoms with Crippen molar-refractivity contribution in [3.63, 3.8) is 0 Å². The molecule has 0 aliphatic heterocycles. The van der Waals surface area contributed by atoms with Gasteiger partial charge < -0.3 is 28.6 Å². The first-order valence-corrected chi connectivity index (χ1v) is 3.34. The van der Waals surface area contributed by atoms with Crippen LogP contribution in [0.25, 0.3) is 0 Å². The molecule has 0 unspecified atom stereocenters. The van der Waals surface area contributed by atoms with Crippen LogP contribution in [0.4, 0.5) is 0 Å². The van der Waals surface area contributed by atoms with E-state index in [-0.39, 0.29) is 40.0 Å². The SMILES string of the molecule is [Br-].[CH2-]COCc1ccccc1.[Mg+2]. The quantitative estimate of drug-likeness (QED) is 0.469. The van der Waals surface area contributed by atoms with Gasteiger partial charge in [-0.3, -0.25) is 0 Å². The maximum Gasteiger partial charge on any atom is 2.00 e. The summed E-state index contributed by atoms with van der Waals surface area (Å²) in [4.78, 5) is 0. The molecule has 0 bridgehead atoms. The molecule has 0 heterocycles. The van der Waals surface area contributed by atoms with Crippen molar-refractivity contribution in [1.29, 1.82) is 0 Å². The Labute approximate surface area is 100 Å². The Hall–Kier alpha value is 0.426. The first-order chi connectivity index (χ1) is 4.93. The molecular formula is C9H11BrMgO. The van der Waals surface area contributed by atoms with Gasteiger partial charge in [-0.05, 0) is 5.56 Å². The van der Waals surface area contributed by atoms with Gasteiger partial charge in [0, 0.05) is 0 Å². The molecule has 1 aromatic rings. The van der Waals surface area contributed by atoms with Crippen molar-refractivity contribution >= 4 is 23.1 Å². The van der Waals surface area contributed by atoms with Crippen molar-refractivity contribution in [2.45, 2.75) is 6.61 Å². The molecule has 0 aromatic heterocycles. The van der Waals surface area contributed by atoms with Gasteiger partial charge in [0.15, 0.2) is 0 Å². The molecular weight excluding hydrogens is 228 g/mol. The predicted octanol–water partition coefficient (Wildman–Crippen LogP) is -1.34. The van der Waals surface area contributed by atoms with Crippen LogP contribution in [-0.4, -0.2) is 29.7 Å². The van der Waals surface area contributed by atoms with E-state index in [9.17, 15) is 0 Å². The molecule has 12 heavy (non-hydrogen) atoms. The Kier molecular flexibility index (Phi) is 11.8. The minimum atomic E-state index is 0. The second-order valence-corrected chi connectivity index (χ2v) is 2.04. The Morgan fingerprint density at radius 3 is 2.25 bits per heavy atom. The smallest absolute Gasteiger partial charge is 1.00 e. The number of hydrogen-bond donors (Lipinski definition) is 0. The normalized spacial score (nSPS) is 8.08. The summed E-state index contributed by atoms with van der Waals surface area (Å²) in [5, 5.41) is 0. The maximum atomic E-state index is 5.11. The van der Waals surface area contributed by atoms with Crippen LogP contribution in [0.3, 0.4) is 0 Å². The zero-order valence-corrected chi connectivity index (χ0v) is 10.0. The molecule has 3 heteroatoms. The second-order valence-electron chi connectivity index (χ2n) is 2.04. The summed E-state index contributed by atoms with van der Waals surface area (Å²) in [7, 11) is 0. The van der Waals surface area contributed by atoms with Crippen LogP contribution < -0.4 is 17.0 Å². The van der Waals surface area contributed by atoms with E-state index in [1.165, 1.54) is 5.56 Å². The largest absolute Gasteiger partial charge is 2.00 e. The van der Waals surface area contributed by atoms with Gasteiger partial charge in [0.25, 0.3) is 0 Å². The van der Waals surface area contributed by atoms with E-state index in [1.807, 2.05) is 30.3 Å². The molecule has 1 nitrogen and oxygen atoms in total. The average molecular weight is 239 g/mol. The summed E-state index contributed by atoms with van der Waals surface area (Å²) < 4.78 is 5.11. The van der Waals surface area contributed by atoms with Gasteiger partial charge in [0.2, 0.25) is 0 Å². The number of ether oxygens (including phenoxy) is 1. The van der Waals surface area contributed by atoms with E-state index in [2.05, 4.69) is 6.92 Å². The fourth-order valence-corrected chi connectivity index (χ4v) is 0.764. The van der Waals surface area contributed by atoms with Gasteiger partial charge in [0.05, 0.1) is 6.61 Å². The predicted molar refractivity (Wildman–Crippen MR) is 47.2 cm³/mol. The van der Waals surface area contributed by atoms with Crippen LogP contribution >= 0.6 is 0 Å². The van der Waals surface area contributed by atoms with Crippen LogP contribution in [-0.2, 0) is 11.3 Å². The summed E-state index contributed by atoms with van der Waals surface area (Å²) >= 11 is 0. The first-order valence-electron chi connectivity index (χ1n) is 3.34. The van der Waals surface area contributed by atoms with Gasteiger partial charge in [0.1, 0.15) is 0 Å². The zero-order chi connectivity index (χ0) is 7.23. The Morgan fingerprint density at radius 1 is 1.17 bits per heavy atom. The van der Waals surface area contributed by atoms with Gasteiger partial charge in [-0.1, -0.05) is 36.9 Å². The van der Waals surface area contributed by atoms with Gasteiger partial charge in [-0.2, -0.15) is 0 Å². The number of hydrogen-bond acceptors (Lipinski definition) is 1. The van der Waals surface area contributed by atoms with Crippen molar-refractivity contribution in [2.24, 2.45) is 0 Å². The monoisotopic (exact) mass is 238 g/mol. The molecule has 0 aliphatic carbocycles. The number of halogens is 1. The Morgan fingerprint density at radius 2 is 1.75 bits per heavy atom. The van der Waals surface area contributed by atoms with Crippen molar-refractivity contribution in [2.75, 3.05) is 6.61 Å². The van der Waals surface area contributed by atoms with E-state index in [0.29, 0.717) is 13.2 Å². The van der Waals surface area contributed by atoms with Crippen LogP contribution in [0, 0.1) is 6.92 Å². The number of benzene rings is 1. The van der Waals surface area contributed by atoms with Crippen LogP contribution in [0.2, 0.25) is 0 Å². The van der Waals surface area contributed by atoms with Gasteiger partial charge in [-0.25, -0.2) is 0 Å². The minimum absolute atomic E-state index is 0. The summed E-state index contributed by atoms with van der Waals surface area (Å²) in [6.07, 6.45) is 0. The van der Waals surface area contributed by atoms with Crippen LogP contribution in [0.1, 0.15) is 5.56 Å². The average Bonchev–Trinajstić information content (AvgIpc) is 2.03. The molecule has 1 rings (SSSR count). The van der Waals surface area contributed by atoms with Crippen molar-refractivity contribution in [1.82, 2.24) is 0 Å². The molecule has 62 valence electrons. The van der Waals surface area contributed by atoms with E-state index >= 15 is 0 Å². The molecule has 1 aromatic carbocycles.